The fraction of sp³-hybridized carbons (Fsp3) is 0.375. The number of amides is 1. The van der Waals surface area contributed by atoms with Crippen molar-refractivity contribution in [3.05, 3.63) is 16.5 Å². The summed E-state index contributed by atoms with van der Waals surface area (Å²) in [5, 5.41) is 15.7. The Kier molecular flexibility index (Phi) is 6.08. The van der Waals surface area contributed by atoms with Gasteiger partial charge in [0.15, 0.2) is 5.13 Å². The number of carboxylic acid groups (broad SMARTS) is 1. The maximum Gasteiger partial charge on any atom is 0.322 e. The van der Waals surface area contributed by atoms with Crippen LogP contribution in [0.2, 0.25) is 0 Å². The lowest BCUT2D eigenvalue weighted by Crippen LogP contribution is -2.43. The summed E-state index contributed by atoms with van der Waals surface area (Å²) < 4.78 is 2.60. The zero-order valence-corrected chi connectivity index (χ0v) is 10.7. The SMILES string of the molecule is O=NSCC(Nc1nccs1)C(=O)NCC(=O)O. The van der Waals surface area contributed by atoms with E-state index in [2.05, 4.69) is 20.2 Å². The molecule has 1 heterocycles. The summed E-state index contributed by atoms with van der Waals surface area (Å²) in [6.45, 7) is -0.478. The summed E-state index contributed by atoms with van der Waals surface area (Å²) >= 11 is 1.97. The van der Waals surface area contributed by atoms with Gasteiger partial charge < -0.3 is 15.7 Å². The van der Waals surface area contributed by atoms with Crippen LogP contribution in [0.1, 0.15) is 0 Å². The summed E-state index contributed by atoms with van der Waals surface area (Å²) in [7, 11) is 0. The molecule has 0 spiro atoms. The molecule has 1 amide bonds. The van der Waals surface area contributed by atoms with Gasteiger partial charge in [0.25, 0.3) is 0 Å². The van der Waals surface area contributed by atoms with Gasteiger partial charge in [-0.3, -0.25) is 9.59 Å². The third kappa shape index (κ3) is 5.10. The van der Waals surface area contributed by atoms with Gasteiger partial charge in [-0.2, -0.15) is 0 Å². The first-order chi connectivity index (χ1) is 8.63. The highest BCUT2D eigenvalue weighted by molar-refractivity contribution is 7.97. The van der Waals surface area contributed by atoms with Gasteiger partial charge in [-0.25, -0.2) is 4.98 Å². The number of aromatic nitrogens is 1. The number of hydrogen-bond acceptors (Lipinski definition) is 8. The number of thiazole rings is 1. The van der Waals surface area contributed by atoms with Crippen LogP contribution in [0.15, 0.2) is 16.2 Å². The van der Waals surface area contributed by atoms with E-state index in [1.54, 1.807) is 11.6 Å². The summed E-state index contributed by atoms with van der Waals surface area (Å²) in [4.78, 5) is 36.0. The number of hydrogen-bond donors (Lipinski definition) is 3. The zero-order chi connectivity index (χ0) is 13.4. The number of aliphatic carboxylic acids is 1. The van der Waals surface area contributed by atoms with E-state index in [1.807, 2.05) is 0 Å². The number of nitroso groups, excluding NO2 is 1. The number of carbonyl (C=O) groups is 2. The van der Waals surface area contributed by atoms with Crippen LogP contribution < -0.4 is 10.6 Å². The average molecular weight is 290 g/mol. The Bertz CT molecular complexity index is 411. The third-order valence-electron chi connectivity index (χ3n) is 1.75. The molecule has 98 valence electrons. The maximum atomic E-state index is 11.7. The fourth-order valence-corrected chi connectivity index (χ4v) is 2.04. The van der Waals surface area contributed by atoms with E-state index >= 15 is 0 Å². The second kappa shape index (κ2) is 7.61. The minimum Gasteiger partial charge on any atom is -0.480 e. The minimum atomic E-state index is -1.14. The predicted octanol–water partition coefficient (Wildman–Crippen LogP) is 0.539. The van der Waals surface area contributed by atoms with Gasteiger partial charge in [-0.05, 0) is 0 Å². The van der Waals surface area contributed by atoms with Gasteiger partial charge >= 0.3 is 5.97 Å². The van der Waals surface area contributed by atoms with E-state index in [9.17, 15) is 14.5 Å². The van der Waals surface area contributed by atoms with Crippen molar-refractivity contribution in [3.8, 4) is 0 Å². The van der Waals surface area contributed by atoms with Crippen LogP contribution in [0.25, 0.3) is 0 Å². The van der Waals surface area contributed by atoms with Gasteiger partial charge in [-0.1, -0.05) is 0 Å². The van der Waals surface area contributed by atoms with Crippen LogP contribution in [0.3, 0.4) is 0 Å². The number of carboxylic acids is 1. The van der Waals surface area contributed by atoms with Crippen molar-refractivity contribution < 1.29 is 14.7 Å². The topological polar surface area (TPSA) is 121 Å². The highest BCUT2D eigenvalue weighted by atomic mass is 32.2. The molecule has 0 aliphatic carbocycles. The standard InChI is InChI=1S/C8H10N4O4S2/c13-6(14)3-10-7(15)5(4-18-12-16)11-8-9-1-2-17-8/h1-2,5H,3-4H2,(H,9,11)(H,10,15)(H,13,14). The van der Waals surface area contributed by atoms with Crippen molar-refractivity contribution in [2.75, 3.05) is 17.6 Å². The maximum absolute atomic E-state index is 11.7. The molecule has 1 unspecified atom stereocenters. The Labute approximate surface area is 110 Å². The monoisotopic (exact) mass is 290 g/mol. The average Bonchev–Trinajstić information content (AvgIpc) is 2.84. The summed E-state index contributed by atoms with van der Waals surface area (Å²) in [5.41, 5.74) is 0. The van der Waals surface area contributed by atoms with E-state index < -0.39 is 24.5 Å². The number of rotatable bonds is 8. The second-order valence-electron chi connectivity index (χ2n) is 3.02. The van der Waals surface area contributed by atoms with Gasteiger partial charge in [-0.15, -0.1) is 16.2 Å². The molecular formula is C8H10N4O4S2. The third-order valence-corrected chi connectivity index (χ3v) is 3.05. The minimum absolute atomic E-state index is 0.0918. The molecule has 3 N–H and O–H groups in total. The lowest BCUT2D eigenvalue weighted by atomic mass is 10.3. The molecule has 0 bridgehead atoms. The molecule has 1 aromatic heterocycles. The number of nitrogens with one attached hydrogen (secondary N) is 2. The van der Waals surface area contributed by atoms with Crippen LogP contribution >= 0.6 is 23.3 Å². The van der Waals surface area contributed by atoms with Crippen molar-refractivity contribution in [2.24, 2.45) is 4.58 Å². The fourth-order valence-electron chi connectivity index (χ4n) is 1.02. The van der Waals surface area contributed by atoms with Crippen LogP contribution in [-0.4, -0.2) is 40.3 Å². The van der Waals surface area contributed by atoms with Crippen molar-refractivity contribution in [1.29, 1.82) is 0 Å². The number of carbonyl (C=O) groups excluding carboxylic acids is 1. The van der Waals surface area contributed by atoms with Crippen LogP contribution in [0.5, 0.6) is 0 Å². The Hall–Kier alpha value is -1.68. The zero-order valence-electron chi connectivity index (χ0n) is 9.03. The molecule has 0 saturated carbocycles. The normalized spacial score (nSPS) is 11.6. The van der Waals surface area contributed by atoms with Crippen LogP contribution in [-0.2, 0) is 9.59 Å². The van der Waals surface area contributed by atoms with Gasteiger partial charge in [0.05, 0.1) is 0 Å². The molecule has 1 atom stereocenters. The van der Waals surface area contributed by atoms with Crippen LogP contribution in [0.4, 0.5) is 5.13 Å². The Morgan fingerprint density at radius 2 is 2.39 bits per heavy atom. The van der Waals surface area contributed by atoms with Crippen molar-refractivity contribution >= 4 is 40.3 Å². The van der Waals surface area contributed by atoms with Crippen LogP contribution in [0, 0.1) is 4.91 Å². The first-order valence-corrected chi connectivity index (χ1v) is 6.56. The van der Waals surface area contributed by atoms with Crippen molar-refractivity contribution in [3.63, 3.8) is 0 Å². The molecule has 0 fully saturated rings. The van der Waals surface area contributed by atoms with Gasteiger partial charge in [0.2, 0.25) is 5.91 Å². The van der Waals surface area contributed by atoms with E-state index in [1.165, 1.54) is 11.3 Å². The quantitative estimate of drug-likeness (QED) is 0.472. The molecule has 0 aliphatic heterocycles. The summed E-state index contributed by atoms with van der Waals surface area (Å²) in [6.07, 6.45) is 1.56. The molecular weight excluding hydrogens is 280 g/mol. The van der Waals surface area contributed by atoms with E-state index in [-0.39, 0.29) is 5.75 Å². The first kappa shape index (κ1) is 14.4. The lowest BCUT2D eigenvalue weighted by molar-refractivity contribution is -0.137. The molecule has 0 aliphatic rings. The molecule has 0 saturated heterocycles. The van der Waals surface area contributed by atoms with Gasteiger partial charge in [0, 0.05) is 33.9 Å². The molecule has 0 radical (unpaired) electrons. The van der Waals surface area contributed by atoms with E-state index in [0.29, 0.717) is 17.1 Å². The number of nitrogens with zero attached hydrogens (tertiary/aromatic N) is 2. The van der Waals surface area contributed by atoms with Crippen molar-refractivity contribution in [2.45, 2.75) is 6.04 Å². The molecule has 1 rings (SSSR count). The van der Waals surface area contributed by atoms with Crippen molar-refractivity contribution in [1.82, 2.24) is 10.3 Å². The summed E-state index contributed by atoms with van der Waals surface area (Å²) in [5.74, 6) is -1.57. The number of anilines is 1. The molecule has 8 nitrogen and oxygen atoms in total. The summed E-state index contributed by atoms with van der Waals surface area (Å²) in [6, 6.07) is -0.766. The molecule has 18 heavy (non-hydrogen) atoms. The lowest BCUT2D eigenvalue weighted by Gasteiger charge is -2.15. The largest absolute Gasteiger partial charge is 0.480 e. The smallest absolute Gasteiger partial charge is 0.322 e. The van der Waals surface area contributed by atoms with E-state index in [0.717, 1.165) is 0 Å². The first-order valence-electron chi connectivity index (χ1n) is 4.73. The highest BCUT2D eigenvalue weighted by Crippen LogP contribution is 2.14. The predicted molar refractivity (Wildman–Crippen MR) is 68.4 cm³/mol. The highest BCUT2D eigenvalue weighted by Gasteiger charge is 2.20. The molecule has 0 aromatic carbocycles. The Morgan fingerprint density at radius 1 is 1.61 bits per heavy atom. The Morgan fingerprint density at radius 3 is 2.94 bits per heavy atom. The second-order valence-corrected chi connectivity index (χ2v) is 4.65. The van der Waals surface area contributed by atoms with E-state index in [4.69, 9.17) is 5.11 Å². The molecule has 1 aromatic rings. The molecule has 10 heteroatoms. The Balaban J connectivity index is 2.56. The van der Waals surface area contributed by atoms with Gasteiger partial charge in [0.1, 0.15) is 12.6 Å².